The summed E-state index contributed by atoms with van der Waals surface area (Å²) >= 11 is 6.01. The molecule has 1 rings (SSSR count). The van der Waals surface area contributed by atoms with E-state index in [1.165, 1.54) is 0 Å². The fourth-order valence-electron chi connectivity index (χ4n) is 1.75. The first-order valence-corrected chi connectivity index (χ1v) is 7.94. The fourth-order valence-corrected chi connectivity index (χ4v) is 2.03. The van der Waals surface area contributed by atoms with Gasteiger partial charge >= 0.3 is 0 Å². The third kappa shape index (κ3) is 8.20. The Kier molecular flexibility index (Phi) is 10.1. The summed E-state index contributed by atoms with van der Waals surface area (Å²) in [7, 11) is 0. The first-order valence-electron chi connectivity index (χ1n) is 7.56. The van der Waals surface area contributed by atoms with Crippen molar-refractivity contribution in [1.82, 2.24) is 10.6 Å². The van der Waals surface area contributed by atoms with Crippen molar-refractivity contribution in [2.75, 3.05) is 18.4 Å². The van der Waals surface area contributed by atoms with E-state index in [1.807, 2.05) is 26.8 Å². The number of benzene rings is 1. The van der Waals surface area contributed by atoms with Crippen LogP contribution >= 0.6 is 24.0 Å². The average Bonchev–Trinajstić information content (AvgIpc) is 2.52. The molecular formula is C16H24Cl2N4O3. The van der Waals surface area contributed by atoms with E-state index in [-0.39, 0.29) is 31.4 Å². The number of carbonyl (C=O) groups excluding carboxylic acids is 3. The molecule has 1 aromatic carbocycles. The monoisotopic (exact) mass is 390 g/mol. The predicted octanol–water partition coefficient (Wildman–Crippen LogP) is 1.22. The highest BCUT2D eigenvalue weighted by Gasteiger charge is 2.17. The third-order valence-electron chi connectivity index (χ3n) is 3.29. The highest BCUT2D eigenvalue weighted by molar-refractivity contribution is 6.33. The molecular weight excluding hydrogens is 367 g/mol. The molecule has 0 saturated carbocycles. The molecule has 0 aliphatic heterocycles. The van der Waals surface area contributed by atoms with Gasteiger partial charge in [-0.25, -0.2) is 0 Å². The molecule has 140 valence electrons. The number of rotatable bonds is 7. The molecule has 0 fully saturated rings. The van der Waals surface area contributed by atoms with Crippen molar-refractivity contribution in [2.24, 2.45) is 11.7 Å². The van der Waals surface area contributed by atoms with Crippen molar-refractivity contribution in [3.63, 3.8) is 0 Å². The average molecular weight is 391 g/mol. The number of aryl methyl sites for hydroxylation is 1. The van der Waals surface area contributed by atoms with E-state index in [4.69, 9.17) is 17.3 Å². The van der Waals surface area contributed by atoms with Gasteiger partial charge in [0.25, 0.3) is 0 Å². The van der Waals surface area contributed by atoms with Crippen LogP contribution in [0.3, 0.4) is 0 Å². The van der Waals surface area contributed by atoms with Crippen LogP contribution in [0.5, 0.6) is 0 Å². The van der Waals surface area contributed by atoms with Crippen LogP contribution in [0.4, 0.5) is 5.69 Å². The molecule has 0 saturated heterocycles. The Labute approximate surface area is 158 Å². The summed E-state index contributed by atoms with van der Waals surface area (Å²) in [5.41, 5.74) is 7.10. The Morgan fingerprint density at radius 2 is 1.72 bits per heavy atom. The number of hydrogen-bond acceptors (Lipinski definition) is 4. The minimum atomic E-state index is -0.676. The van der Waals surface area contributed by atoms with E-state index in [2.05, 4.69) is 16.0 Å². The molecule has 0 radical (unpaired) electrons. The second kappa shape index (κ2) is 10.9. The molecule has 0 bridgehead atoms. The van der Waals surface area contributed by atoms with Crippen molar-refractivity contribution >= 4 is 47.4 Å². The second-order valence-electron chi connectivity index (χ2n) is 5.80. The van der Waals surface area contributed by atoms with E-state index >= 15 is 0 Å². The molecule has 0 aliphatic carbocycles. The number of nitrogens with one attached hydrogen (secondary N) is 3. The lowest BCUT2D eigenvalue weighted by Crippen LogP contribution is -2.47. The first kappa shape index (κ1) is 23.2. The van der Waals surface area contributed by atoms with Crippen LogP contribution in [0.2, 0.25) is 5.02 Å². The third-order valence-corrected chi connectivity index (χ3v) is 3.60. The van der Waals surface area contributed by atoms with E-state index in [1.54, 1.807) is 12.1 Å². The molecule has 0 heterocycles. The van der Waals surface area contributed by atoms with Crippen molar-refractivity contribution in [3.8, 4) is 0 Å². The topological polar surface area (TPSA) is 113 Å². The van der Waals surface area contributed by atoms with E-state index in [0.717, 1.165) is 5.56 Å². The molecule has 1 aromatic rings. The summed E-state index contributed by atoms with van der Waals surface area (Å²) in [6.45, 7) is 5.04. The van der Waals surface area contributed by atoms with Gasteiger partial charge in [0.1, 0.15) is 0 Å². The number of amides is 3. The quantitative estimate of drug-likeness (QED) is 0.560. The maximum Gasteiger partial charge on any atom is 0.243 e. The Balaban J connectivity index is 0.00000576. The van der Waals surface area contributed by atoms with Crippen molar-refractivity contribution in [2.45, 2.75) is 26.8 Å². The standard InChI is InChI=1S/C16H23ClN4O3.ClH/c1-9(2)15(18)16(24)20-7-13(22)19-8-14(23)21-12-5-4-10(3)6-11(12)17;/h4-6,9,15H,7-8,18H2,1-3H3,(H,19,22)(H,20,24)(H,21,23);1H/t15-;/m0./s1. The van der Waals surface area contributed by atoms with Gasteiger partial charge in [0.2, 0.25) is 17.7 Å². The highest BCUT2D eigenvalue weighted by Crippen LogP contribution is 2.22. The summed E-state index contributed by atoms with van der Waals surface area (Å²) in [6.07, 6.45) is 0. The van der Waals surface area contributed by atoms with Gasteiger partial charge in [0.15, 0.2) is 0 Å². The highest BCUT2D eigenvalue weighted by atomic mass is 35.5. The Morgan fingerprint density at radius 1 is 1.12 bits per heavy atom. The lowest BCUT2D eigenvalue weighted by Gasteiger charge is -2.15. The number of halogens is 2. The summed E-state index contributed by atoms with van der Waals surface area (Å²) < 4.78 is 0. The molecule has 1 atom stereocenters. The molecule has 0 spiro atoms. The van der Waals surface area contributed by atoms with E-state index in [9.17, 15) is 14.4 Å². The van der Waals surface area contributed by atoms with E-state index in [0.29, 0.717) is 10.7 Å². The number of nitrogens with two attached hydrogens (primary N) is 1. The summed E-state index contributed by atoms with van der Waals surface area (Å²) in [5.74, 6) is -1.34. The van der Waals surface area contributed by atoms with Gasteiger partial charge in [-0.1, -0.05) is 31.5 Å². The number of carbonyl (C=O) groups is 3. The zero-order valence-electron chi connectivity index (χ0n) is 14.4. The molecule has 0 unspecified atom stereocenters. The number of hydrogen-bond donors (Lipinski definition) is 4. The van der Waals surface area contributed by atoms with E-state index < -0.39 is 23.8 Å². The van der Waals surface area contributed by atoms with Crippen LogP contribution in [-0.4, -0.2) is 36.9 Å². The van der Waals surface area contributed by atoms with Gasteiger partial charge in [0.05, 0.1) is 29.8 Å². The summed E-state index contributed by atoms with van der Waals surface area (Å²) in [6, 6.07) is 4.55. The molecule has 5 N–H and O–H groups in total. The molecule has 25 heavy (non-hydrogen) atoms. The van der Waals surface area contributed by atoms with Crippen molar-refractivity contribution in [3.05, 3.63) is 28.8 Å². The van der Waals surface area contributed by atoms with Gasteiger partial charge < -0.3 is 21.7 Å². The van der Waals surface area contributed by atoms with Gasteiger partial charge in [-0.2, -0.15) is 0 Å². The van der Waals surface area contributed by atoms with Crippen molar-refractivity contribution < 1.29 is 14.4 Å². The molecule has 0 aliphatic rings. The van der Waals surface area contributed by atoms with Gasteiger partial charge in [-0.15, -0.1) is 12.4 Å². The van der Waals surface area contributed by atoms with Crippen LogP contribution in [-0.2, 0) is 14.4 Å². The second-order valence-corrected chi connectivity index (χ2v) is 6.20. The van der Waals surface area contributed by atoms with Crippen LogP contribution in [0.1, 0.15) is 19.4 Å². The Bertz CT molecular complexity index is 623. The minimum Gasteiger partial charge on any atom is -0.346 e. The molecule has 0 aromatic heterocycles. The van der Waals surface area contributed by atoms with Gasteiger partial charge in [-0.3, -0.25) is 14.4 Å². The molecule has 9 heteroatoms. The fraction of sp³-hybridized carbons (Fsp3) is 0.438. The smallest absolute Gasteiger partial charge is 0.243 e. The normalized spacial score (nSPS) is 11.3. The maximum atomic E-state index is 11.8. The van der Waals surface area contributed by atoms with Crippen LogP contribution in [0.15, 0.2) is 18.2 Å². The Hall–Kier alpha value is -1.83. The summed E-state index contributed by atoms with van der Waals surface area (Å²) in [4.78, 5) is 35.1. The molecule has 7 nitrogen and oxygen atoms in total. The van der Waals surface area contributed by atoms with Gasteiger partial charge in [-0.05, 0) is 30.5 Å². The SMILES string of the molecule is Cc1ccc(NC(=O)CNC(=O)CNC(=O)[C@@H](N)C(C)C)c(Cl)c1.Cl. The van der Waals surface area contributed by atoms with Crippen LogP contribution < -0.4 is 21.7 Å². The Morgan fingerprint density at radius 3 is 2.28 bits per heavy atom. The van der Waals surface area contributed by atoms with Crippen LogP contribution in [0, 0.1) is 12.8 Å². The van der Waals surface area contributed by atoms with Crippen molar-refractivity contribution in [1.29, 1.82) is 0 Å². The maximum absolute atomic E-state index is 11.8. The number of anilines is 1. The zero-order valence-corrected chi connectivity index (χ0v) is 16.0. The molecule has 3 amide bonds. The van der Waals surface area contributed by atoms with Gasteiger partial charge in [0, 0.05) is 0 Å². The summed E-state index contributed by atoms with van der Waals surface area (Å²) in [5, 5.41) is 7.85. The largest absolute Gasteiger partial charge is 0.346 e. The lowest BCUT2D eigenvalue weighted by atomic mass is 10.1. The first-order chi connectivity index (χ1) is 11.2. The minimum absolute atomic E-state index is 0. The predicted molar refractivity (Wildman–Crippen MR) is 101 cm³/mol. The lowest BCUT2D eigenvalue weighted by molar-refractivity contribution is -0.127. The van der Waals surface area contributed by atoms with Crippen LogP contribution in [0.25, 0.3) is 0 Å². The zero-order chi connectivity index (χ0) is 18.3.